The van der Waals surface area contributed by atoms with Crippen molar-refractivity contribution in [1.82, 2.24) is 10.2 Å². The average Bonchev–Trinajstić information content (AvgIpc) is 2.75. The van der Waals surface area contributed by atoms with Crippen molar-refractivity contribution in [2.75, 3.05) is 13.1 Å². The van der Waals surface area contributed by atoms with E-state index >= 15 is 0 Å². The number of rotatable bonds is 5. The van der Waals surface area contributed by atoms with Crippen LogP contribution >= 0.6 is 0 Å². The zero-order valence-electron chi connectivity index (χ0n) is 11.9. The molecule has 1 fully saturated rings. The van der Waals surface area contributed by atoms with Gasteiger partial charge in [0.1, 0.15) is 0 Å². The highest BCUT2D eigenvalue weighted by atomic mass is 15.2. The molecule has 18 heavy (non-hydrogen) atoms. The standard InChI is InChI=1S/C16H26N2/c1-13(2)18(11-15-7-5-4-6-8-15)12-16-14(3)9-10-17-16/h4-8,13-14,16-17H,9-12H2,1-3H3. The SMILES string of the molecule is CC1CCNC1CN(Cc1ccccc1)C(C)C. The maximum absolute atomic E-state index is 3.64. The van der Waals surface area contributed by atoms with Crippen LogP contribution in [0.1, 0.15) is 32.8 Å². The van der Waals surface area contributed by atoms with Crippen LogP contribution in [0.3, 0.4) is 0 Å². The van der Waals surface area contributed by atoms with Crippen molar-refractivity contribution in [3.8, 4) is 0 Å². The van der Waals surface area contributed by atoms with Gasteiger partial charge in [-0.2, -0.15) is 0 Å². The number of nitrogens with one attached hydrogen (secondary N) is 1. The van der Waals surface area contributed by atoms with E-state index in [2.05, 4.69) is 61.3 Å². The predicted molar refractivity (Wildman–Crippen MR) is 77.6 cm³/mol. The first-order valence-corrected chi connectivity index (χ1v) is 7.18. The van der Waals surface area contributed by atoms with E-state index in [1.165, 1.54) is 18.5 Å². The fourth-order valence-corrected chi connectivity index (χ4v) is 2.67. The number of hydrogen-bond donors (Lipinski definition) is 1. The maximum Gasteiger partial charge on any atom is 0.0237 e. The summed E-state index contributed by atoms with van der Waals surface area (Å²) in [6.07, 6.45) is 1.32. The molecule has 0 aromatic heterocycles. The van der Waals surface area contributed by atoms with Gasteiger partial charge in [-0.1, -0.05) is 37.3 Å². The molecule has 1 aliphatic rings. The van der Waals surface area contributed by atoms with Gasteiger partial charge < -0.3 is 5.32 Å². The summed E-state index contributed by atoms with van der Waals surface area (Å²) < 4.78 is 0. The molecular weight excluding hydrogens is 220 g/mol. The van der Waals surface area contributed by atoms with Gasteiger partial charge in [0.25, 0.3) is 0 Å². The van der Waals surface area contributed by atoms with Crippen molar-refractivity contribution in [3.63, 3.8) is 0 Å². The van der Waals surface area contributed by atoms with Crippen LogP contribution in [-0.2, 0) is 6.54 Å². The van der Waals surface area contributed by atoms with Gasteiger partial charge in [-0.05, 0) is 38.3 Å². The van der Waals surface area contributed by atoms with Gasteiger partial charge in [-0.15, -0.1) is 0 Å². The molecule has 100 valence electrons. The van der Waals surface area contributed by atoms with Crippen molar-refractivity contribution in [3.05, 3.63) is 35.9 Å². The molecule has 0 amide bonds. The van der Waals surface area contributed by atoms with Crippen LogP contribution in [0.4, 0.5) is 0 Å². The Labute approximate surface area is 111 Å². The van der Waals surface area contributed by atoms with Crippen LogP contribution in [0.15, 0.2) is 30.3 Å². The highest BCUT2D eigenvalue weighted by Gasteiger charge is 2.25. The minimum Gasteiger partial charge on any atom is -0.312 e. The third kappa shape index (κ3) is 3.56. The summed E-state index contributed by atoms with van der Waals surface area (Å²) in [4.78, 5) is 2.58. The molecule has 0 bridgehead atoms. The summed E-state index contributed by atoms with van der Waals surface area (Å²) in [5.74, 6) is 0.807. The van der Waals surface area contributed by atoms with Crippen LogP contribution < -0.4 is 5.32 Å². The first-order valence-electron chi connectivity index (χ1n) is 7.18. The van der Waals surface area contributed by atoms with Crippen molar-refractivity contribution in [2.45, 2.75) is 45.8 Å². The summed E-state index contributed by atoms with van der Waals surface area (Å²) in [6.45, 7) is 10.4. The van der Waals surface area contributed by atoms with Crippen molar-refractivity contribution in [1.29, 1.82) is 0 Å². The van der Waals surface area contributed by atoms with Crippen LogP contribution in [0.25, 0.3) is 0 Å². The van der Waals surface area contributed by atoms with E-state index in [0.29, 0.717) is 12.1 Å². The lowest BCUT2D eigenvalue weighted by molar-refractivity contribution is 0.183. The van der Waals surface area contributed by atoms with Crippen molar-refractivity contribution < 1.29 is 0 Å². The Balaban J connectivity index is 1.96. The third-order valence-corrected chi connectivity index (χ3v) is 4.08. The molecule has 0 radical (unpaired) electrons. The second-order valence-electron chi connectivity index (χ2n) is 5.84. The van der Waals surface area contributed by atoms with E-state index < -0.39 is 0 Å². The van der Waals surface area contributed by atoms with Gasteiger partial charge in [0.05, 0.1) is 0 Å². The molecule has 2 rings (SSSR count). The van der Waals surface area contributed by atoms with E-state index in [1.807, 2.05) is 0 Å². The molecule has 2 nitrogen and oxygen atoms in total. The minimum atomic E-state index is 0.597. The Hall–Kier alpha value is -0.860. The van der Waals surface area contributed by atoms with Crippen LogP contribution in [0, 0.1) is 5.92 Å². The van der Waals surface area contributed by atoms with Crippen molar-refractivity contribution >= 4 is 0 Å². The molecule has 0 saturated carbocycles. The van der Waals surface area contributed by atoms with Crippen LogP contribution in [-0.4, -0.2) is 30.1 Å². The second-order valence-corrected chi connectivity index (χ2v) is 5.84. The lowest BCUT2D eigenvalue weighted by Crippen LogP contribution is -2.42. The normalized spacial score (nSPS) is 24.1. The molecule has 1 aliphatic heterocycles. The second kappa shape index (κ2) is 6.35. The summed E-state index contributed by atoms with van der Waals surface area (Å²) in [5, 5.41) is 3.64. The molecule has 2 unspecified atom stereocenters. The van der Waals surface area contributed by atoms with Crippen LogP contribution in [0.2, 0.25) is 0 Å². The number of hydrogen-bond acceptors (Lipinski definition) is 2. The third-order valence-electron chi connectivity index (χ3n) is 4.08. The Morgan fingerprint density at radius 3 is 2.56 bits per heavy atom. The molecule has 2 heteroatoms. The Bertz CT molecular complexity index is 347. The summed E-state index contributed by atoms with van der Waals surface area (Å²) >= 11 is 0. The van der Waals surface area contributed by atoms with Crippen molar-refractivity contribution in [2.24, 2.45) is 5.92 Å². The Kier molecular flexibility index (Phi) is 4.79. The minimum absolute atomic E-state index is 0.597. The zero-order chi connectivity index (χ0) is 13.0. The Morgan fingerprint density at radius 1 is 1.28 bits per heavy atom. The molecular formula is C16H26N2. The lowest BCUT2D eigenvalue weighted by atomic mass is 10.0. The van der Waals surface area contributed by atoms with Gasteiger partial charge in [0.2, 0.25) is 0 Å². The molecule has 1 heterocycles. The van der Waals surface area contributed by atoms with E-state index in [4.69, 9.17) is 0 Å². The smallest absolute Gasteiger partial charge is 0.0237 e. The molecule has 1 N–H and O–H groups in total. The molecule has 1 aromatic carbocycles. The maximum atomic E-state index is 3.64. The molecule has 1 saturated heterocycles. The first kappa shape index (κ1) is 13.6. The summed E-state index contributed by atoms with van der Waals surface area (Å²) in [5.41, 5.74) is 1.41. The zero-order valence-corrected chi connectivity index (χ0v) is 11.9. The van der Waals surface area contributed by atoms with E-state index in [-0.39, 0.29) is 0 Å². The van der Waals surface area contributed by atoms with Gasteiger partial charge in [0, 0.05) is 25.2 Å². The summed E-state index contributed by atoms with van der Waals surface area (Å²) in [7, 11) is 0. The fraction of sp³-hybridized carbons (Fsp3) is 0.625. The molecule has 0 spiro atoms. The van der Waals surface area contributed by atoms with E-state index in [1.54, 1.807) is 0 Å². The number of nitrogens with zero attached hydrogens (tertiary/aromatic N) is 1. The summed E-state index contributed by atoms with van der Waals surface area (Å²) in [6, 6.07) is 12.1. The molecule has 2 atom stereocenters. The molecule has 0 aliphatic carbocycles. The molecule has 1 aromatic rings. The van der Waals surface area contributed by atoms with Gasteiger partial charge in [-0.25, -0.2) is 0 Å². The highest BCUT2D eigenvalue weighted by Crippen LogP contribution is 2.18. The van der Waals surface area contributed by atoms with Crippen LogP contribution in [0.5, 0.6) is 0 Å². The van der Waals surface area contributed by atoms with Gasteiger partial charge in [-0.3, -0.25) is 4.90 Å². The highest BCUT2D eigenvalue weighted by molar-refractivity contribution is 5.14. The number of benzene rings is 1. The largest absolute Gasteiger partial charge is 0.312 e. The van der Waals surface area contributed by atoms with E-state index in [0.717, 1.165) is 19.0 Å². The fourth-order valence-electron chi connectivity index (χ4n) is 2.67. The lowest BCUT2D eigenvalue weighted by Gasteiger charge is -2.31. The topological polar surface area (TPSA) is 15.3 Å². The monoisotopic (exact) mass is 246 g/mol. The Morgan fingerprint density at radius 2 is 2.00 bits per heavy atom. The van der Waals surface area contributed by atoms with Gasteiger partial charge >= 0.3 is 0 Å². The first-order chi connectivity index (χ1) is 8.66. The van der Waals surface area contributed by atoms with Gasteiger partial charge in [0.15, 0.2) is 0 Å². The average molecular weight is 246 g/mol. The predicted octanol–water partition coefficient (Wildman–Crippen LogP) is 2.90. The quantitative estimate of drug-likeness (QED) is 0.859. The van der Waals surface area contributed by atoms with E-state index in [9.17, 15) is 0 Å².